The Morgan fingerprint density at radius 3 is 2.75 bits per heavy atom. The van der Waals surface area contributed by atoms with Gasteiger partial charge in [-0.25, -0.2) is 14.6 Å². The normalized spacial score (nSPS) is 15.0. The molecule has 0 bridgehead atoms. The summed E-state index contributed by atoms with van der Waals surface area (Å²) < 4.78 is 3.62. The van der Waals surface area contributed by atoms with E-state index in [0.29, 0.717) is 16.6 Å². The molecule has 2 aromatic heterocycles. The first kappa shape index (κ1) is 20.7. The van der Waals surface area contributed by atoms with Crippen molar-refractivity contribution in [1.29, 1.82) is 0 Å². The monoisotopic (exact) mass is 466 g/mol. The highest BCUT2D eigenvalue weighted by molar-refractivity contribution is 6.35. The molecular weight excluding hydrogens is 447 g/mol. The fourth-order valence-electron chi connectivity index (χ4n) is 4.02. The van der Waals surface area contributed by atoms with E-state index in [1.807, 2.05) is 25.3 Å². The molecule has 0 radical (unpaired) electrons. The van der Waals surface area contributed by atoms with Crippen molar-refractivity contribution >= 4 is 29.1 Å². The summed E-state index contributed by atoms with van der Waals surface area (Å²) in [5, 5.41) is 8.47. The van der Waals surface area contributed by atoms with Gasteiger partial charge < -0.3 is 9.88 Å². The van der Waals surface area contributed by atoms with Crippen LogP contribution in [0, 0.1) is 6.92 Å². The van der Waals surface area contributed by atoms with Gasteiger partial charge in [-0.1, -0.05) is 47.5 Å². The topological polar surface area (TPSA) is 77.6 Å². The number of imidazole rings is 1. The maximum absolute atomic E-state index is 13.0. The van der Waals surface area contributed by atoms with E-state index < -0.39 is 0 Å². The molecule has 0 fully saturated rings. The smallest absolute Gasteiger partial charge is 0.291 e. The Morgan fingerprint density at radius 1 is 1.16 bits per heavy atom. The molecule has 3 heterocycles. The number of nitrogens with one attached hydrogen (secondary N) is 1. The van der Waals surface area contributed by atoms with Crippen LogP contribution in [0.4, 0.5) is 0 Å². The molecule has 1 amide bonds. The molecule has 5 rings (SSSR count). The number of carbonyl (C=O) groups is 1. The third-order valence-electron chi connectivity index (χ3n) is 5.55. The van der Waals surface area contributed by atoms with Crippen LogP contribution in [-0.4, -0.2) is 30.2 Å². The second kappa shape index (κ2) is 8.41. The van der Waals surface area contributed by atoms with E-state index in [1.165, 1.54) is 11.9 Å². The third-order valence-corrected chi connectivity index (χ3v) is 6.25. The lowest BCUT2D eigenvalue weighted by molar-refractivity contribution is 0.0922. The first-order chi connectivity index (χ1) is 15.5. The molecule has 1 N–H and O–H groups in total. The molecule has 7 nitrogen and oxygen atoms in total. The van der Waals surface area contributed by atoms with Crippen LogP contribution < -0.4 is 5.32 Å². The van der Waals surface area contributed by atoms with Gasteiger partial charge in [0.25, 0.3) is 5.91 Å². The van der Waals surface area contributed by atoms with Gasteiger partial charge >= 0.3 is 0 Å². The summed E-state index contributed by atoms with van der Waals surface area (Å²) in [6.45, 7) is 2.27. The number of benzene rings is 2. The van der Waals surface area contributed by atoms with Crippen LogP contribution in [0.25, 0.3) is 5.69 Å². The summed E-state index contributed by atoms with van der Waals surface area (Å²) in [5.41, 5.74) is 3.95. The molecule has 1 aliphatic heterocycles. The zero-order chi connectivity index (χ0) is 22.2. The number of fused-ring (bicyclic) bond motifs is 3. The minimum atomic E-state index is -0.350. The number of rotatable bonds is 4. The second-order valence-electron chi connectivity index (χ2n) is 7.77. The first-order valence-electron chi connectivity index (χ1n) is 10.3. The van der Waals surface area contributed by atoms with Crippen molar-refractivity contribution in [2.75, 3.05) is 0 Å². The quantitative estimate of drug-likeness (QED) is 0.478. The van der Waals surface area contributed by atoms with E-state index >= 15 is 0 Å². The van der Waals surface area contributed by atoms with Crippen molar-refractivity contribution < 1.29 is 4.79 Å². The number of aryl methyl sites for hydroxylation is 2. The molecule has 4 aromatic rings. The highest BCUT2D eigenvalue weighted by Crippen LogP contribution is 2.30. The number of halogens is 2. The number of nitrogens with zero attached hydrogens (tertiary/aromatic N) is 5. The minimum absolute atomic E-state index is 0.0877. The highest BCUT2D eigenvalue weighted by atomic mass is 35.5. The summed E-state index contributed by atoms with van der Waals surface area (Å²) in [5.74, 6) is 0.546. The van der Waals surface area contributed by atoms with Crippen LogP contribution in [-0.2, 0) is 13.0 Å². The van der Waals surface area contributed by atoms with Crippen molar-refractivity contribution in [2.45, 2.75) is 32.4 Å². The lowest BCUT2D eigenvalue weighted by Crippen LogP contribution is -2.31. The van der Waals surface area contributed by atoms with Gasteiger partial charge in [0.15, 0.2) is 0 Å². The number of aromatic nitrogens is 5. The van der Waals surface area contributed by atoms with E-state index in [9.17, 15) is 4.79 Å². The Bertz CT molecular complexity index is 1290. The highest BCUT2D eigenvalue weighted by Gasteiger charge is 2.27. The van der Waals surface area contributed by atoms with E-state index in [1.54, 1.807) is 22.9 Å². The second-order valence-corrected chi connectivity index (χ2v) is 8.58. The molecule has 0 spiro atoms. The molecule has 1 aliphatic rings. The Kier molecular flexibility index (Phi) is 5.45. The SMILES string of the molecule is Cc1cn2c(n1)[C@H](NC(=O)c1ncn(Cc3c(Cl)cccc3Cl)n1)CCc1ccccc1-2. The molecule has 2 aromatic carbocycles. The summed E-state index contributed by atoms with van der Waals surface area (Å²) in [4.78, 5) is 21.9. The van der Waals surface area contributed by atoms with E-state index in [0.717, 1.165) is 35.6 Å². The predicted octanol–water partition coefficient (Wildman–Crippen LogP) is 4.54. The zero-order valence-corrected chi connectivity index (χ0v) is 18.8. The predicted molar refractivity (Wildman–Crippen MR) is 122 cm³/mol. The van der Waals surface area contributed by atoms with Crippen LogP contribution >= 0.6 is 23.2 Å². The summed E-state index contributed by atoms with van der Waals surface area (Å²) in [6, 6.07) is 13.3. The van der Waals surface area contributed by atoms with E-state index in [-0.39, 0.29) is 17.8 Å². The standard InChI is InChI=1S/C23H20Cl2N6O/c1-14-11-31-20-8-3-2-5-15(20)9-10-19(22(31)27-14)28-23(32)21-26-13-30(29-21)12-16-17(24)6-4-7-18(16)25/h2-8,11,13,19H,9-10,12H2,1H3,(H,28,32)/t19-/m1/s1. The molecule has 0 unspecified atom stereocenters. The number of carbonyl (C=O) groups excluding carboxylic acids is 1. The number of hydrogen-bond acceptors (Lipinski definition) is 4. The summed E-state index contributed by atoms with van der Waals surface area (Å²) >= 11 is 12.5. The maximum atomic E-state index is 13.0. The van der Waals surface area contributed by atoms with Crippen LogP contribution in [0.3, 0.4) is 0 Å². The fourth-order valence-corrected chi connectivity index (χ4v) is 4.54. The minimum Gasteiger partial charge on any atom is -0.339 e. The zero-order valence-electron chi connectivity index (χ0n) is 17.3. The van der Waals surface area contributed by atoms with Crippen molar-refractivity contribution in [3.8, 4) is 5.69 Å². The average Bonchev–Trinajstić information content (AvgIpc) is 3.38. The van der Waals surface area contributed by atoms with E-state index in [4.69, 9.17) is 28.2 Å². The fraction of sp³-hybridized carbons (Fsp3) is 0.217. The van der Waals surface area contributed by atoms with Crippen LogP contribution in [0.5, 0.6) is 0 Å². The Hall–Kier alpha value is -3.16. The lowest BCUT2D eigenvalue weighted by atomic mass is 10.1. The van der Waals surface area contributed by atoms with Gasteiger partial charge in [-0.2, -0.15) is 0 Å². The van der Waals surface area contributed by atoms with Gasteiger partial charge in [-0.15, -0.1) is 5.10 Å². The van der Waals surface area contributed by atoms with Crippen molar-refractivity contribution in [2.24, 2.45) is 0 Å². The maximum Gasteiger partial charge on any atom is 0.291 e. The van der Waals surface area contributed by atoms with Gasteiger partial charge in [0, 0.05) is 27.5 Å². The number of hydrogen-bond donors (Lipinski definition) is 1. The van der Waals surface area contributed by atoms with Crippen molar-refractivity contribution in [3.63, 3.8) is 0 Å². The molecule has 32 heavy (non-hydrogen) atoms. The van der Waals surface area contributed by atoms with Crippen LogP contribution in [0.2, 0.25) is 10.0 Å². The van der Waals surface area contributed by atoms with Gasteiger partial charge in [0.2, 0.25) is 5.82 Å². The van der Waals surface area contributed by atoms with Crippen molar-refractivity contribution in [1.82, 2.24) is 29.6 Å². The van der Waals surface area contributed by atoms with Gasteiger partial charge in [-0.05, 0) is 43.5 Å². The molecule has 9 heteroatoms. The first-order valence-corrected chi connectivity index (χ1v) is 11.0. The van der Waals surface area contributed by atoms with Crippen molar-refractivity contribution in [3.05, 3.63) is 93.5 Å². The molecule has 162 valence electrons. The third kappa shape index (κ3) is 3.89. The molecule has 0 saturated heterocycles. The number of para-hydroxylation sites is 1. The van der Waals surface area contributed by atoms with Gasteiger partial charge in [0.05, 0.1) is 18.3 Å². The molecule has 1 atom stereocenters. The van der Waals surface area contributed by atoms with Gasteiger partial charge in [-0.3, -0.25) is 4.79 Å². The summed E-state index contributed by atoms with van der Waals surface area (Å²) in [7, 11) is 0. The Labute approximate surface area is 195 Å². The average molecular weight is 467 g/mol. The Balaban J connectivity index is 1.37. The number of amides is 1. The van der Waals surface area contributed by atoms with E-state index in [2.05, 4.69) is 32.1 Å². The summed E-state index contributed by atoms with van der Waals surface area (Å²) in [6.07, 6.45) is 5.06. The molecule has 0 saturated carbocycles. The largest absolute Gasteiger partial charge is 0.339 e. The van der Waals surface area contributed by atoms with Gasteiger partial charge in [0.1, 0.15) is 12.2 Å². The van der Waals surface area contributed by atoms with Crippen LogP contribution in [0.15, 0.2) is 55.0 Å². The Morgan fingerprint density at radius 2 is 1.94 bits per heavy atom. The lowest BCUT2D eigenvalue weighted by Gasteiger charge is -2.15. The molecular formula is C23H20Cl2N6O. The molecule has 0 aliphatic carbocycles. The van der Waals surface area contributed by atoms with Crippen LogP contribution in [0.1, 0.15) is 45.7 Å².